The summed E-state index contributed by atoms with van der Waals surface area (Å²) < 4.78 is 0. The molecular weight excluding hydrogens is 169 g/mol. The minimum absolute atomic E-state index is 0.256. The van der Waals surface area contributed by atoms with Crippen molar-refractivity contribution >= 4 is 19.0 Å². The summed E-state index contributed by atoms with van der Waals surface area (Å²) in [7, 11) is 4.12. The van der Waals surface area contributed by atoms with Gasteiger partial charge in [0.15, 0.2) is 0 Å². The van der Waals surface area contributed by atoms with E-state index in [2.05, 4.69) is 52.1 Å². The van der Waals surface area contributed by atoms with Crippen molar-refractivity contribution in [2.24, 2.45) is 0 Å². The Balaban J connectivity index is 3.20. The third kappa shape index (κ3) is 2.12. The van der Waals surface area contributed by atoms with Crippen LogP contribution in [0.25, 0.3) is 0 Å². The molecule has 0 aliphatic carbocycles. The first-order valence-corrected chi connectivity index (χ1v) is 5.30. The molecule has 0 spiro atoms. The second-order valence-electron chi connectivity index (χ2n) is 4.54. The molecule has 0 aliphatic rings. The molecule has 0 radical (unpaired) electrons. The predicted molar refractivity (Wildman–Crippen MR) is 67.5 cm³/mol. The molecule has 0 fully saturated rings. The third-order valence-corrected chi connectivity index (χ3v) is 3.06. The largest absolute Gasteiger partial charge is 0.388 e. The van der Waals surface area contributed by atoms with Crippen molar-refractivity contribution in [3.8, 4) is 0 Å². The highest BCUT2D eigenvalue weighted by atomic mass is 14.8. The maximum Gasteiger partial charge on any atom is 0.139 e. The molecule has 1 N–H and O–H groups in total. The highest BCUT2D eigenvalue weighted by molar-refractivity contribution is 6.32. The second-order valence-corrected chi connectivity index (χ2v) is 4.54. The van der Waals surface area contributed by atoms with Gasteiger partial charge in [0.25, 0.3) is 0 Å². The Morgan fingerprint density at radius 2 is 2.00 bits per heavy atom. The van der Waals surface area contributed by atoms with Gasteiger partial charge in [-0.15, -0.1) is 0 Å². The number of rotatable bonds is 3. The van der Waals surface area contributed by atoms with Crippen molar-refractivity contribution in [2.45, 2.75) is 32.6 Å². The molecule has 0 atom stereocenters. The predicted octanol–water partition coefficient (Wildman–Crippen LogP) is 1.67. The average Bonchev–Trinajstić information content (AvgIpc) is 2.17. The topological polar surface area (TPSA) is 12.0 Å². The van der Waals surface area contributed by atoms with Gasteiger partial charge in [-0.25, -0.2) is 0 Å². The summed E-state index contributed by atoms with van der Waals surface area (Å²) in [5.74, 6) is 0. The van der Waals surface area contributed by atoms with Crippen LogP contribution >= 0.6 is 0 Å². The van der Waals surface area contributed by atoms with E-state index in [0.29, 0.717) is 0 Å². The fourth-order valence-electron chi connectivity index (χ4n) is 1.65. The van der Waals surface area contributed by atoms with Gasteiger partial charge in [-0.3, -0.25) is 0 Å². The van der Waals surface area contributed by atoms with Crippen molar-refractivity contribution < 1.29 is 0 Å². The highest BCUT2D eigenvalue weighted by Gasteiger charge is 2.20. The molecule has 2 heteroatoms. The van der Waals surface area contributed by atoms with Gasteiger partial charge in [0.05, 0.1) is 0 Å². The van der Waals surface area contributed by atoms with Crippen LogP contribution in [0.4, 0.5) is 5.69 Å². The van der Waals surface area contributed by atoms with Crippen LogP contribution < -0.4 is 10.8 Å². The van der Waals surface area contributed by atoms with E-state index in [1.165, 1.54) is 16.7 Å². The Morgan fingerprint density at radius 1 is 1.36 bits per heavy atom. The molecule has 0 saturated heterocycles. The molecule has 0 amide bonds. The summed E-state index contributed by atoms with van der Waals surface area (Å²) >= 11 is 0. The number of hydrogen-bond acceptors (Lipinski definition) is 1. The van der Waals surface area contributed by atoms with E-state index < -0.39 is 0 Å². The lowest BCUT2D eigenvalue weighted by molar-refractivity contribution is 0.508. The third-order valence-electron chi connectivity index (χ3n) is 3.06. The van der Waals surface area contributed by atoms with E-state index in [0.717, 1.165) is 6.42 Å². The first kappa shape index (κ1) is 11.2. The maximum absolute atomic E-state index is 3.28. The lowest BCUT2D eigenvalue weighted by Gasteiger charge is -2.26. The maximum atomic E-state index is 3.28. The Labute approximate surface area is 88.3 Å². The summed E-state index contributed by atoms with van der Waals surface area (Å²) in [5, 5.41) is 3.28. The van der Waals surface area contributed by atoms with E-state index in [4.69, 9.17) is 0 Å². The van der Waals surface area contributed by atoms with Crippen LogP contribution in [0.2, 0.25) is 0 Å². The normalized spacial score (nSPS) is 11.4. The van der Waals surface area contributed by atoms with Crippen LogP contribution in [0.5, 0.6) is 0 Å². The fraction of sp³-hybridized carbons (Fsp3) is 0.500. The van der Waals surface area contributed by atoms with Gasteiger partial charge < -0.3 is 5.32 Å². The zero-order valence-electron chi connectivity index (χ0n) is 9.94. The smallest absolute Gasteiger partial charge is 0.139 e. The van der Waals surface area contributed by atoms with E-state index in [1.54, 1.807) is 0 Å². The van der Waals surface area contributed by atoms with Crippen LogP contribution in [-0.2, 0) is 5.41 Å². The standard InChI is InChI=1S/C12H20BN/c1-5-12(2,3)10-7-6-9(13)8-11(10)14-4/h6-8,14H,5,13H2,1-4H3. The Morgan fingerprint density at radius 3 is 2.50 bits per heavy atom. The summed E-state index contributed by atoms with van der Waals surface area (Å²) in [4.78, 5) is 0. The Kier molecular flexibility index (Phi) is 3.25. The molecule has 0 aliphatic heterocycles. The first-order chi connectivity index (χ1) is 6.51. The zero-order valence-corrected chi connectivity index (χ0v) is 9.94. The molecule has 0 saturated carbocycles. The molecule has 1 nitrogen and oxygen atoms in total. The summed E-state index contributed by atoms with van der Waals surface area (Å²) in [6.07, 6.45) is 1.16. The summed E-state index contributed by atoms with van der Waals surface area (Å²) in [6, 6.07) is 6.64. The molecule has 1 aromatic carbocycles. The number of benzene rings is 1. The van der Waals surface area contributed by atoms with Gasteiger partial charge in [0.2, 0.25) is 0 Å². The van der Waals surface area contributed by atoms with Crippen LogP contribution in [-0.4, -0.2) is 14.9 Å². The number of hydrogen-bond donors (Lipinski definition) is 1. The molecule has 76 valence electrons. The minimum Gasteiger partial charge on any atom is -0.388 e. The minimum atomic E-state index is 0.256. The molecule has 0 heterocycles. The lowest BCUT2D eigenvalue weighted by Crippen LogP contribution is -2.19. The zero-order chi connectivity index (χ0) is 10.8. The van der Waals surface area contributed by atoms with E-state index in [9.17, 15) is 0 Å². The average molecular weight is 189 g/mol. The van der Waals surface area contributed by atoms with Crippen molar-refractivity contribution in [3.05, 3.63) is 23.8 Å². The molecule has 1 rings (SSSR count). The van der Waals surface area contributed by atoms with E-state index >= 15 is 0 Å². The van der Waals surface area contributed by atoms with Crippen molar-refractivity contribution in [1.29, 1.82) is 0 Å². The van der Waals surface area contributed by atoms with Gasteiger partial charge in [-0.1, -0.05) is 38.4 Å². The number of anilines is 1. The summed E-state index contributed by atoms with van der Waals surface area (Å²) in [6.45, 7) is 6.82. The van der Waals surface area contributed by atoms with Crippen molar-refractivity contribution in [2.75, 3.05) is 12.4 Å². The van der Waals surface area contributed by atoms with Gasteiger partial charge in [-0.05, 0) is 23.5 Å². The van der Waals surface area contributed by atoms with Gasteiger partial charge >= 0.3 is 0 Å². The highest BCUT2D eigenvalue weighted by Crippen LogP contribution is 2.31. The van der Waals surface area contributed by atoms with Crippen LogP contribution in [0.1, 0.15) is 32.8 Å². The van der Waals surface area contributed by atoms with Crippen LogP contribution in [0.3, 0.4) is 0 Å². The van der Waals surface area contributed by atoms with Crippen LogP contribution in [0, 0.1) is 0 Å². The van der Waals surface area contributed by atoms with Gasteiger partial charge in [-0.2, -0.15) is 0 Å². The quantitative estimate of drug-likeness (QED) is 0.713. The molecular formula is C12H20BN. The molecule has 0 unspecified atom stereocenters. The summed E-state index contributed by atoms with van der Waals surface area (Å²) in [5.41, 5.74) is 4.24. The van der Waals surface area contributed by atoms with Gasteiger partial charge in [0.1, 0.15) is 7.85 Å². The lowest BCUT2D eigenvalue weighted by atomic mass is 9.79. The first-order valence-electron chi connectivity index (χ1n) is 5.30. The van der Waals surface area contributed by atoms with Crippen molar-refractivity contribution in [1.82, 2.24) is 0 Å². The van der Waals surface area contributed by atoms with Gasteiger partial charge in [0, 0.05) is 12.7 Å². The molecule has 14 heavy (non-hydrogen) atoms. The van der Waals surface area contributed by atoms with Crippen molar-refractivity contribution in [3.63, 3.8) is 0 Å². The molecule has 0 bridgehead atoms. The second kappa shape index (κ2) is 4.08. The molecule has 1 aromatic rings. The Bertz CT molecular complexity index is 318. The van der Waals surface area contributed by atoms with Crippen LogP contribution in [0.15, 0.2) is 18.2 Å². The SMILES string of the molecule is Bc1ccc(C(C)(C)CC)c(NC)c1. The molecule has 0 aromatic heterocycles. The Hall–Kier alpha value is -0.915. The number of nitrogens with one attached hydrogen (secondary N) is 1. The monoisotopic (exact) mass is 189 g/mol. The fourth-order valence-corrected chi connectivity index (χ4v) is 1.65. The van der Waals surface area contributed by atoms with E-state index in [1.807, 2.05) is 7.05 Å². The van der Waals surface area contributed by atoms with E-state index in [-0.39, 0.29) is 5.41 Å².